The number of benzene rings is 1. The zero-order valence-electron chi connectivity index (χ0n) is 19.0. The molecule has 2 aromatic rings. The largest absolute Gasteiger partial charge is 0.363 e. The fourth-order valence-corrected chi connectivity index (χ4v) is 5.44. The van der Waals surface area contributed by atoms with E-state index in [2.05, 4.69) is 74.1 Å². The Hall–Kier alpha value is -2.05. The van der Waals surface area contributed by atoms with Crippen LogP contribution in [0.4, 0.5) is 5.00 Å². The zero-order valence-corrected chi connectivity index (χ0v) is 19.8. The van der Waals surface area contributed by atoms with Gasteiger partial charge < -0.3 is 15.5 Å². The Morgan fingerprint density at radius 1 is 1.03 bits per heavy atom. The van der Waals surface area contributed by atoms with Gasteiger partial charge in [0.25, 0.3) is 0 Å². The smallest absolute Gasteiger partial charge is 0.191 e. The molecule has 6 heteroatoms. The van der Waals surface area contributed by atoms with Gasteiger partial charge in [0.1, 0.15) is 0 Å². The minimum atomic E-state index is 0.483. The predicted molar refractivity (Wildman–Crippen MR) is 133 cm³/mol. The summed E-state index contributed by atoms with van der Waals surface area (Å²) in [6.07, 6.45) is 6.34. The van der Waals surface area contributed by atoms with E-state index < -0.39 is 0 Å². The summed E-state index contributed by atoms with van der Waals surface area (Å²) in [5.74, 6) is 0.904. The number of rotatable bonds is 6. The summed E-state index contributed by atoms with van der Waals surface area (Å²) in [7, 11) is 1.86. The molecule has 2 N–H and O–H groups in total. The van der Waals surface area contributed by atoms with Crippen molar-refractivity contribution in [2.24, 2.45) is 4.99 Å². The second kappa shape index (κ2) is 11.0. The van der Waals surface area contributed by atoms with Gasteiger partial charge in [-0.2, -0.15) is 0 Å². The minimum absolute atomic E-state index is 0.483. The highest BCUT2D eigenvalue weighted by Gasteiger charge is 2.21. The lowest BCUT2D eigenvalue weighted by Crippen LogP contribution is -2.48. The van der Waals surface area contributed by atoms with Crippen LogP contribution in [0, 0.1) is 0 Å². The molecule has 0 saturated carbocycles. The molecule has 168 valence electrons. The maximum absolute atomic E-state index is 4.45. The molecule has 0 amide bonds. The van der Waals surface area contributed by atoms with Crippen molar-refractivity contribution < 1.29 is 0 Å². The van der Waals surface area contributed by atoms with Crippen LogP contribution in [0.25, 0.3) is 0 Å². The summed E-state index contributed by atoms with van der Waals surface area (Å²) in [6.45, 7) is 7.68. The summed E-state index contributed by atoms with van der Waals surface area (Å²) < 4.78 is 0. The summed E-state index contributed by atoms with van der Waals surface area (Å²) in [5, 5.41) is 10.7. The number of piperidine rings is 2. The van der Waals surface area contributed by atoms with Gasteiger partial charge in [-0.05, 0) is 67.8 Å². The monoisotopic (exact) mass is 439 g/mol. The highest BCUT2D eigenvalue weighted by molar-refractivity contribution is 7.14. The highest BCUT2D eigenvalue weighted by Crippen LogP contribution is 2.25. The van der Waals surface area contributed by atoms with Crippen molar-refractivity contribution in [1.29, 1.82) is 0 Å². The molecule has 4 rings (SSSR count). The minimum Gasteiger partial charge on any atom is -0.363 e. The van der Waals surface area contributed by atoms with Crippen molar-refractivity contribution in [3.05, 3.63) is 52.9 Å². The molecule has 1 aromatic carbocycles. The molecule has 1 aromatic heterocycles. The molecule has 0 aliphatic carbocycles. The van der Waals surface area contributed by atoms with E-state index in [1.54, 1.807) is 0 Å². The Bertz CT molecular complexity index is 809. The first-order valence-corrected chi connectivity index (χ1v) is 12.7. The van der Waals surface area contributed by atoms with Crippen LogP contribution in [-0.2, 0) is 13.1 Å². The molecule has 0 radical (unpaired) electrons. The van der Waals surface area contributed by atoms with Crippen LogP contribution in [0.2, 0.25) is 0 Å². The van der Waals surface area contributed by atoms with Gasteiger partial charge >= 0.3 is 0 Å². The average molecular weight is 440 g/mol. The number of thiophene rings is 1. The topological polar surface area (TPSA) is 42.9 Å². The molecule has 2 fully saturated rings. The molecule has 5 nitrogen and oxygen atoms in total. The van der Waals surface area contributed by atoms with Gasteiger partial charge in [-0.1, -0.05) is 30.7 Å². The number of hydrogen-bond donors (Lipinski definition) is 2. The van der Waals surface area contributed by atoms with Crippen LogP contribution in [0.15, 0.2) is 46.8 Å². The van der Waals surface area contributed by atoms with Gasteiger partial charge in [-0.25, -0.2) is 0 Å². The summed E-state index contributed by atoms with van der Waals surface area (Å²) >= 11 is 1.83. The molecule has 1 unspecified atom stereocenters. The lowest BCUT2D eigenvalue weighted by Gasteiger charge is -2.33. The van der Waals surface area contributed by atoms with Crippen molar-refractivity contribution in [1.82, 2.24) is 15.5 Å². The molecule has 2 saturated heterocycles. The van der Waals surface area contributed by atoms with Gasteiger partial charge in [-0.15, -0.1) is 11.3 Å². The van der Waals surface area contributed by atoms with Crippen LogP contribution < -0.4 is 15.5 Å². The Morgan fingerprint density at radius 3 is 2.48 bits per heavy atom. The average Bonchev–Trinajstić information content (AvgIpc) is 3.34. The standard InChI is InChI=1S/C25H37N5S/c1-20-6-3-4-14-30(20)19-22-10-8-21(9-11-22)18-27-25(26-2)28-23-12-15-29(16-13-23)24-7-5-17-31-24/h5,7-11,17,20,23H,3-4,6,12-16,18-19H2,1-2H3,(H2,26,27,28). The van der Waals surface area contributed by atoms with E-state index in [9.17, 15) is 0 Å². The first kappa shape index (κ1) is 22.2. The molecule has 2 aliphatic rings. The van der Waals surface area contributed by atoms with Crippen molar-refractivity contribution >= 4 is 22.3 Å². The van der Waals surface area contributed by atoms with Crippen molar-refractivity contribution in [2.75, 3.05) is 31.6 Å². The van der Waals surface area contributed by atoms with E-state index in [1.165, 1.54) is 41.9 Å². The molecule has 2 aliphatic heterocycles. The first-order valence-electron chi connectivity index (χ1n) is 11.8. The molecule has 0 bridgehead atoms. The van der Waals surface area contributed by atoms with Crippen molar-refractivity contribution in [2.45, 2.75) is 64.2 Å². The van der Waals surface area contributed by atoms with Crippen LogP contribution in [-0.4, -0.2) is 49.6 Å². The summed E-state index contributed by atoms with van der Waals surface area (Å²) in [6, 6.07) is 14.6. The van der Waals surface area contributed by atoms with Gasteiger partial charge in [0, 0.05) is 45.3 Å². The third-order valence-corrected chi connectivity index (χ3v) is 7.62. The van der Waals surface area contributed by atoms with Gasteiger partial charge in [0.2, 0.25) is 0 Å². The van der Waals surface area contributed by atoms with E-state index in [4.69, 9.17) is 0 Å². The quantitative estimate of drug-likeness (QED) is 0.515. The number of aliphatic imine (C=N–C) groups is 1. The Labute approximate surface area is 191 Å². The van der Waals surface area contributed by atoms with Crippen LogP contribution in [0.3, 0.4) is 0 Å². The van der Waals surface area contributed by atoms with Crippen molar-refractivity contribution in [3.8, 4) is 0 Å². The van der Waals surface area contributed by atoms with Crippen molar-refractivity contribution in [3.63, 3.8) is 0 Å². The molecule has 1 atom stereocenters. The lowest BCUT2D eigenvalue weighted by molar-refractivity contribution is 0.152. The van der Waals surface area contributed by atoms with E-state index in [0.29, 0.717) is 12.1 Å². The summed E-state index contributed by atoms with van der Waals surface area (Å²) in [5.41, 5.74) is 2.71. The lowest BCUT2D eigenvalue weighted by atomic mass is 10.0. The molecule has 31 heavy (non-hydrogen) atoms. The number of guanidine groups is 1. The van der Waals surface area contributed by atoms with E-state index in [-0.39, 0.29) is 0 Å². The number of hydrogen-bond acceptors (Lipinski definition) is 4. The molecular formula is C25H37N5S. The maximum Gasteiger partial charge on any atom is 0.191 e. The highest BCUT2D eigenvalue weighted by atomic mass is 32.1. The van der Waals surface area contributed by atoms with Crippen LogP contribution in [0.5, 0.6) is 0 Å². The molecule has 0 spiro atoms. The second-order valence-electron chi connectivity index (χ2n) is 8.91. The number of nitrogens with zero attached hydrogens (tertiary/aromatic N) is 3. The Morgan fingerprint density at radius 2 is 1.81 bits per heavy atom. The zero-order chi connectivity index (χ0) is 21.5. The molecular weight excluding hydrogens is 402 g/mol. The van der Waals surface area contributed by atoms with Crippen LogP contribution >= 0.6 is 11.3 Å². The fraction of sp³-hybridized carbons (Fsp3) is 0.560. The number of nitrogens with one attached hydrogen (secondary N) is 2. The Kier molecular flexibility index (Phi) is 7.86. The van der Waals surface area contributed by atoms with Gasteiger partial charge in [-0.3, -0.25) is 9.89 Å². The second-order valence-corrected chi connectivity index (χ2v) is 9.84. The number of anilines is 1. The third kappa shape index (κ3) is 6.23. The maximum atomic E-state index is 4.45. The predicted octanol–water partition coefficient (Wildman–Crippen LogP) is 4.46. The fourth-order valence-electron chi connectivity index (χ4n) is 4.66. The first-order chi connectivity index (χ1) is 15.2. The number of likely N-dealkylation sites (tertiary alicyclic amines) is 1. The summed E-state index contributed by atoms with van der Waals surface area (Å²) in [4.78, 5) is 9.55. The van der Waals surface area contributed by atoms with Gasteiger partial charge in [0.05, 0.1) is 5.00 Å². The van der Waals surface area contributed by atoms with E-state index in [1.807, 2.05) is 18.4 Å². The Balaban J connectivity index is 1.21. The van der Waals surface area contributed by atoms with Gasteiger partial charge in [0.15, 0.2) is 5.96 Å². The van der Waals surface area contributed by atoms with E-state index in [0.717, 1.165) is 45.0 Å². The third-order valence-electron chi connectivity index (χ3n) is 6.69. The van der Waals surface area contributed by atoms with Crippen LogP contribution in [0.1, 0.15) is 50.2 Å². The SMILES string of the molecule is CN=C(NCc1ccc(CN2CCCCC2C)cc1)NC1CCN(c2cccs2)CC1. The normalized spacial score (nSPS) is 21.3. The van der Waals surface area contributed by atoms with E-state index >= 15 is 0 Å². The molecule has 3 heterocycles.